The minimum atomic E-state index is 0.0574. The number of rotatable bonds is 8. The molecule has 1 N–H and O–H groups in total. The van der Waals surface area contributed by atoms with Gasteiger partial charge in [0.25, 0.3) is 5.91 Å². The summed E-state index contributed by atoms with van der Waals surface area (Å²) < 4.78 is 17.7. The molecular weight excluding hydrogens is 490 g/mol. The van der Waals surface area contributed by atoms with Gasteiger partial charge in [-0.3, -0.25) is 9.78 Å². The Kier molecular flexibility index (Phi) is 9.66. The van der Waals surface area contributed by atoms with Crippen LogP contribution >= 0.6 is 0 Å². The minimum Gasteiger partial charge on any atom is -0.379 e. The van der Waals surface area contributed by atoms with E-state index in [0.717, 1.165) is 70.2 Å². The molecule has 0 saturated carbocycles. The number of methoxy groups -OCH3 is 1. The van der Waals surface area contributed by atoms with E-state index < -0.39 is 0 Å². The van der Waals surface area contributed by atoms with E-state index in [2.05, 4.69) is 54.5 Å². The first-order chi connectivity index (χ1) is 19.0. The highest BCUT2D eigenvalue weighted by Crippen LogP contribution is 2.33. The first kappa shape index (κ1) is 28.2. The predicted octanol–water partition coefficient (Wildman–Crippen LogP) is 4.94. The Morgan fingerprint density at radius 2 is 1.87 bits per heavy atom. The van der Waals surface area contributed by atoms with Crippen LogP contribution in [0.5, 0.6) is 0 Å². The van der Waals surface area contributed by atoms with Gasteiger partial charge in [-0.25, -0.2) is 0 Å². The van der Waals surface area contributed by atoms with Gasteiger partial charge in [0.15, 0.2) is 0 Å². The van der Waals surface area contributed by atoms with Crippen LogP contribution in [0.4, 0.5) is 0 Å². The molecule has 0 aliphatic carbocycles. The van der Waals surface area contributed by atoms with Gasteiger partial charge in [0.2, 0.25) is 0 Å². The second-order valence-corrected chi connectivity index (χ2v) is 11.5. The van der Waals surface area contributed by atoms with E-state index in [0.29, 0.717) is 24.4 Å². The normalized spacial score (nSPS) is 26.5. The molecular formula is C32H45N3O4. The number of benzene rings is 1. The molecule has 3 fully saturated rings. The van der Waals surface area contributed by atoms with Crippen molar-refractivity contribution in [3.05, 3.63) is 64.5 Å². The van der Waals surface area contributed by atoms with Crippen LogP contribution in [0, 0.1) is 13.8 Å². The molecule has 4 atom stereocenters. The summed E-state index contributed by atoms with van der Waals surface area (Å²) in [5, 5.41) is 3.77. The minimum absolute atomic E-state index is 0.0574. The number of nitrogens with one attached hydrogen (secondary N) is 1. The number of piperidine rings is 1. The molecule has 0 unspecified atom stereocenters. The van der Waals surface area contributed by atoms with E-state index in [-0.39, 0.29) is 24.2 Å². The number of ether oxygens (including phenoxy) is 3. The van der Waals surface area contributed by atoms with Gasteiger partial charge in [0.05, 0.1) is 24.9 Å². The highest BCUT2D eigenvalue weighted by Gasteiger charge is 2.31. The summed E-state index contributed by atoms with van der Waals surface area (Å²) >= 11 is 0. The summed E-state index contributed by atoms with van der Waals surface area (Å²) in [7, 11) is 1.75. The van der Waals surface area contributed by atoms with Crippen molar-refractivity contribution in [3.8, 4) is 0 Å². The van der Waals surface area contributed by atoms with Crippen molar-refractivity contribution in [1.82, 2.24) is 15.2 Å². The van der Waals surface area contributed by atoms with Crippen molar-refractivity contribution in [2.24, 2.45) is 0 Å². The fourth-order valence-electron chi connectivity index (χ4n) is 6.35. The first-order valence-electron chi connectivity index (χ1n) is 14.8. The molecule has 0 spiro atoms. The number of carbonyl (C=O) groups excluding carboxylic acids is 1. The van der Waals surface area contributed by atoms with E-state index >= 15 is 0 Å². The summed E-state index contributed by atoms with van der Waals surface area (Å²) in [5.41, 5.74) is 5.38. The molecule has 3 aliphatic rings. The Morgan fingerprint density at radius 3 is 2.64 bits per heavy atom. The molecule has 7 nitrogen and oxygen atoms in total. The van der Waals surface area contributed by atoms with Crippen molar-refractivity contribution in [2.45, 2.75) is 95.6 Å². The van der Waals surface area contributed by atoms with Crippen LogP contribution in [0.3, 0.4) is 0 Å². The summed E-state index contributed by atoms with van der Waals surface area (Å²) in [6.07, 6.45) is 10.4. The van der Waals surface area contributed by atoms with Crippen molar-refractivity contribution < 1.29 is 19.0 Å². The summed E-state index contributed by atoms with van der Waals surface area (Å²) in [6, 6.07) is 11.5. The number of hydrogen-bond acceptors (Lipinski definition) is 6. The third-order valence-corrected chi connectivity index (χ3v) is 8.89. The number of aromatic nitrogens is 1. The second-order valence-electron chi connectivity index (χ2n) is 11.5. The lowest BCUT2D eigenvalue weighted by Crippen LogP contribution is -2.54. The lowest BCUT2D eigenvalue weighted by atomic mass is 9.94. The van der Waals surface area contributed by atoms with Gasteiger partial charge >= 0.3 is 0 Å². The number of carbonyl (C=O) groups is 1. The van der Waals surface area contributed by atoms with E-state index in [1.54, 1.807) is 13.3 Å². The SMILES string of the molecule is CO[C@@H]1COCC[C@@H]1NC1CCN(C(=O)c2nccc(CC[C@H]3CCC[C@@H](c4ccc(C)cc4)O3)c2C)CC1. The zero-order valence-corrected chi connectivity index (χ0v) is 23.9. The van der Waals surface area contributed by atoms with Crippen LogP contribution in [-0.4, -0.2) is 73.5 Å². The van der Waals surface area contributed by atoms with Gasteiger partial charge in [-0.2, -0.15) is 0 Å². The quantitative estimate of drug-likeness (QED) is 0.516. The highest BCUT2D eigenvalue weighted by atomic mass is 16.5. The zero-order valence-electron chi connectivity index (χ0n) is 23.9. The van der Waals surface area contributed by atoms with Crippen LogP contribution in [-0.2, 0) is 20.6 Å². The Morgan fingerprint density at radius 1 is 1.08 bits per heavy atom. The van der Waals surface area contributed by atoms with Crippen LogP contribution in [0.2, 0.25) is 0 Å². The molecule has 0 radical (unpaired) electrons. The third kappa shape index (κ3) is 7.07. The van der Waals surface area contributed by atoms with E-state index in [1.807, 2.05) is 4.90 Å². The van der Waals surface area contributed by atoms with Gasteiger partial charge in [0.1, 0.15) is 5.69 Å². The first-order valence-corrected chi connectivity index (χ1v) is 14.8. The van der Waals surface area contributed by atoms with E-state index in [1.165, 1.54) is 23.1 Å². The third-order valence-electron chi connectivity index (χ3n) is 8.89. The van der Waals surface area contributed by atoms with E-state index in [9.17, 15) is 4.79 Å². The molecule has 7 heteroatoms. The maximum Gasteiger partial charge on any atom is 0.272 e. The molecule has 3 saturated heterocycles. The maximum atomic E-state index is 13.5. The molecule has 1 aromatic heterocycles. The molecule has 1 aromatic carbocycles. The van der Waals surface area contributed by atoms with Crippen LogP contribution in [0.15, 0.2) is 36.5 Å². The average molecular weight is 536 g/mol. The number of amides is 1. The van der Waals surface area contributed by atoms with Gasteiger partial charge in [-0.1, -0.05) is 29.8 Å². The van der Waals surface area contributed by atoms with Crippen LogP contribution < -0.4 is 5.32 Å². The van der Waals surface area contributed by atoms with Gasteiger partial charge in [-0.15, -0.1) is 0 Å². The van der Waals surface area contributed by atoms with Crippen molar-refractivity contribution >= 4 is 5.91 Å². The summed E-state index contributed by atoms with van der Waals surface area (Å²) in [4.78, 5) is 20.0. The highest BCUT2D eigenvalue weighted by molar-refractivity contribution is 5.94. The van der Waals surface area contributed by atoms with E-state index in [4.69, 9.17) is 14.2 Å². The number of aryl methyl sites for hydroxylation is 2. The fourth-order valence-corrected chi connectivity index (χ4v) is 6.35. The molecule has 1 amide bonds. The lowest BCUT2D eigenvalue weighted by Gasteiger charge is -2.38. The number of pyridine rings is 1. The Bertz CT molecular complexity index is 1080. The molecule has 39 heavy (non-hydrogen) atoms. The molecule has 4 heterocycles. The Labute approximate surface area is 233 Å². The van der Waals surface area contributed by atoms with Crippen molar-refractivity contribution in [1.29, 1.82) is 0 Å². The molecule has 0 bridgehead atoms. The van der Waals surface area contributed by atoms with Gasteiger partial charge in [-0.05, 0) is 88.0 Å². The summed E-state index contributed by atoms with van der Waals surface area (Å²) in [5.74, 6) is 0.0574. The second kappa shape index (κ2) is 13.4. The van der Waals surface area contributed by atoms with Crippen molar-refractivity contribution in [2.75, 3.05) is 33.4 Å². The van der Waals surface area contributed by atoms with Crippen LogP contribution in [0.25, 0.3) is 0 Å². The lowest BCUT2D eigenvalue weighted by molar-refractivity contribution is -0.0546. The maximum absolute atomic E-state index is 13.5. The molecule has 212 valence electrons. The number of likely N-dealkylation sites (tertiary alicyclic amines) is 1. The largest absolute Gasteiger partial charge is 0.379 e. The standard InChI is InChI=1S/C32H45N3O4/c1-22-7-9-25(10-8-22)29-6-4-5-27(39-29)12-11-24-13-17-33-31(23(24)2)32(36)35-18-14-26(15-19-35)34-28-16-20-38-21-30(28)37-3/h7-10,13,17,26-30,34H,4-6,11-12,14-16,18-21H2,1-3H3/t27-,28+,29+,30-/m1/s1. The van der Waals surface area contributed by atoms with Gasteiger partial charge in [0, 0.05) is 45.1 Å². The average Bonchev–Trinajstić information content (AvgIpc) is 2.97. The molecule has 5 rings (SSSR count). The Hall–Kier alpha value is -2.32. The summed E-state index contributed by atoms with van der Waals surface area (Å²) in [6.45, 7) is 7.09. The topological polar surface area (TPSA) is 72.9 Å². The van der Waals surface area contributed by atoms with Crippen molar-refractivity contribution in [3.63, 3.8) is 0 Å². The molecule has 3 aliphatic heterocycles. The zero-order chi connectivity index (χ0) is 27.2. The Balaban J connectivity index is 1.13. The molecule has 2 aromatic rings. The van der Waals surface area contributed by atoms with Gasteiger partial charge < -0.3 is 24.4 Å². The predicted molar refractivity (Wildman–Crippen MR) is 152 cm³/mol. The number of nitrogens with zero attached hydrogens (tertiary/aromatic N) is 2. The smallest absolute Gasteiger partial charge is 0.272 e. The monoisotopic (exact) mass is 535 g/mol. The van der Waals surface area contributed by atoms with Crippen LogP contribution in [0.1, 0.15) is 83.8 Å². The number of hydrogen-bond donors (Lipinski definition) is 1. The fraction of sp³-hybridized carbons (Fsp3) is 0.625.